The van der Waals surface area contributed by atoms with Crippen LogP contribution in [0.4, 0.5) is 11.4 Å². The Morgan fingerprint density at radius 1 is 1.04 bits per heavy atom. The van der Waals surface area contributed by atoms with Crippen molar-refractivity contribution in [1.82, 2.24) is 0 Å². The van der Waals surface area contributed by atoms with Gasteiger partial charge in [-0.15, -0.1) is 0 Å². The molecule has 1 heterocycles. The Morgan fingerprint density at radius 3 is 2.48 bits per heavy atom. The first kappa shape index (κ1) is 15.0. The van der Waals surface area contributed by atoms with Crippen molar-refractivity contribution in [1.29, 1.82) is 0 Å². The van der Waals surface area contributed by atoms with Crippen molar-refractivity contribution in [2.75, 3.05) is 23.3 Å². The number of benzene rings is 1. The summed E-state index contributed by atoms with van der Waals surface area (Å²) in [6.45, 7) is 2.33. The highest BCUT2D eigenvalue weighted by atomic mass is 16.1. The number of nitrogens with zero attached hydrogens (tertiary/aromatic N) is 1. The molecule has 124 valence electrons. The normalized spacial score (nSPS) is 29.7. The first-order valence-corrected chi connectivity index (χ1v) is 9.43. The first-order chi connectivity index (χ1) is 11.3. The summed E-state index contributed by atoms with van der Waals surface area (Å²) in [7, 11) is 0. The Hall–Kier alpha value is -1.51. The van der Waals surface area contributed by atoms with Gasteiger partial charge in [0.1, 0.15) is 0 Å². The topological polar surface area (TPSA) is 32.3 Å². The Kier molecular flexibility index (Phi) is 4.28. The molecule has 0 unspecified atom stereocenters. The van der Waals surface area contributed by atoms with E-state index in [1.54, 1.807) is 0 Å². The third-order valence-electron chi connectivity index (χ3n) is 6.20. The van der Waals surface area contributed by atoms with E-state index < -0.39 is 0 Å². The summed E-state index contributed by atoms with van der Waals surface area (Å²) in [6.07, 6.45) is 10.1. The van der Waals surface area contributed by atoms with Crippen LogP contribution in [0.3, 0.4) is 0 Å². The van der Waals surface area contributed by atoms with E-state index in [-0.39, 0.29) is 5.91 Å². The quantitative estimate of drug-likeness (QED) is 0.891. The Balaban J connectivity index is 1.30. The molecule has 1 aromatic rings. The summed E-state index contributed by atoms with van der Waals surface area (Å²) in [5, 5.41) is 3.10. The predicted molar refractivity (Wildman–Crippen MR) is 94.7 cm³/mol. The number of hydrogen-bond acceptors (Lipinski definition) is 2. The van der Waals surface area contributed by atoms with Gasteiger partial charge in [0.05, 0.1) is 0 Å². The van der Waals surface area contributed by atoms with Gasteiger partial charge in [0, 0.05) is 30.9 Å². The number of anilines is 2. The molecule has 2 aliphatic carbocycles. The number of carbonyl (C=O) groups is 1. The second-order valence-electron chi connectivity index (χ2n) is 7.78. The van der Waals surface area contributed by atoms with Crippen molar-refractivity contribution >= 4 is 17.3 Å². The van der Waals surface area contributed by atoms with Crippen LogP contribution < -0.4 is 10.2 Å². The van der Waals surface area contributed by atoms with Crippen LogP contribution in [0.5, 0.6) is 0 Å². The lowest BCUT2D eigenvalue weighted by molar-refractivity contribution is -0.117. The van der Waals surface area contributed by atoms with Crippen molar-refractivity contribution in [3.05, 3.63) is 24.3 Å². The van der Waals surface area contributed by atoms with E-state index >= 15 is 0 Å². The Morgan fingerprint density at radius 2 is 1.83 bits per heavy atom. The molecule has 3 atom stereocenters. The van der Waals surface area contributed by atoms with E-state index in [9.17, 15) is 4.79 Å². The highest BCUT2D eigenvalue weighted by Crippen LogP contribution is 2.49. The van der Waals surface area contributed by atoms with Gasteiger partial charge in [-0.2, -0.15) is 0 Å². The van der Waals surface area contributed by atoms with Gasteiger partial charge >= 0.3 is 0 Å². The van der Waals surface area contributed by atoms with Gasteiger partial charge in [-0.25, -0.2) is 0 Å². The second-order valence-corrected chi connectivity index (χ2v) is 7.78. The van der Waals surface area contributed by atoms with E-state index in [1.807, 2.05) is 0 Å². The summed E-state index contributed by atoms with van der Waals surface area (Å²) in [5.74, 6) is 2.59. The second kappa shape index (κ2) is 6.54. The maximum atomic E-state index is 12.3. The Labute approximate surface area is 139 Å². The first-order valence-electron chi connectivity index (χ1n) is 9.43. The fraction of sp³-hybridized carbons (Fsp3) is 0.650. The minimum atomic E-state index is 0.202. The number of rotatable bonds is 4. The fourth-order valence-corrected chi connectivity index (χ4v) is 4.98. The fourth-order valence-electron chi connectivity index (χ4n) is 4.98. The van der Waals surface area contributed by atoms with E-state index in [4.69, 9.17) is 0 Å². The molecule has 2 bridgehead atoms. The van der Waals surface area contributed by atoms with Gasteiger partial charge in [-0.1, -0.05) is 6.42 Å². The van der Waals surface area contributed by atoms with E-state index in [0.717, 1.165) is 37.0 Å². The average molecular weight is 312 g/mol. The lowest BCUT2D eigenvalue weighted by Crippen LogP contribution is -2.29. The van der Waals surface area contributed by atoms with Crippen molar-refractivity contribution < 1.29 is 4.79 Å². The molecular weight excluding hydrogens is 284 g/mol. The molecule has 0 aromatic heterocycles. The number of piperidine rings is 1. The number of amides is 1. The van der Waals surface area contributed by atoms with Crippen LogP contribution in [0.15, 0.2) is 24.3 Å². The zero-order valence-electron chi connectivity index (χ0n) is 14.0. The summed E-state index contributed by atoms with van der Waals surface area (Å²) >= 11 is 0. The van der Waals surface area contributed by atoms with Crippen molar-refractivity contribution in [3.63, 3.8) is 0 Å². The van der Waals surface area contributed by atoms with Crippen LogP contribution in [0, 0.1) is 17.8 Å². The highest BCUT2D eigenvalue weighted by molar-refractivity contribution is 5.91. The standard InChI is InChI=1S/C20H28N2O/c23-20(14-17-13-15-4-5-16(17)12-15)21-18-6-8-19(9-7-18)22-10-2-1-3-11-22/h6-9,15-17H,1-5,10-14H2,(H,21,23)/t15-,16-,17-/m1/s1. The molecule has 2 saturated carbocycles. The SMILES string of the molecule is O=C(C[C@H]1C[C@@H]2CC[C@@H]1C2)Nc1ccc(N2CCCCC2)cc1. The van der Waals surface area contributed by atoms with Crippen molar-refractivity contribution in [2.24, 2.45) is 17.8 Å². The van der Waals surface area contributed by atoms with Crippen molar-refractivity contribution in [3.8, 4) is 0 Å². The van der Waals surface area contributed by atoms with Gasteiger partial charge in [-0.3, -0.25) is 4.79 Å². The third-order valence-corrected chi connectivity index (χ3v) is 6.20. The molecule has 0 radical (unpaired) electrons. The Bertz CT molecular complexity index is 547. The molecular formula is C20H28N2O. The van der Waals surface area contributed by atoms with Crippen LogP contribution in [-0.4, -0.2) is 19.0 Å². The van der Waals surface area contributed by atoms with E-state index in [0.29, 0.717) is 5.92 Å². The van der Waals surface area contributed by atoms with Crippen LogP contribution in [0.1, 0.15) is 51.4 Å². The smallest absolute Gasteiger partial charge is 0.224 e. The molecule has 3 nitrogen and oxygen atoms in total. The zero-order valence-corrected chi connectivity index (χ0v) is 14.0. The lowest BCUT2D eigenvalue weighted by Gasteiger charge is -2.28. The molecule has 4 rings (SSSR count). The molecule has 1 saturated heterocycles. The number of hydrogen-bond donors (Lipinski definition) is 1. The minimum absolute atomic E-state index is 0.202. The molecule has 0 spiro atoms. The predicted octanol–water partition coefficient (Wildman–Crippen LogP) is 4.44. The average Bonchev–Trinajstić information content (AvgIpc) is 3.19. The van der Waals surface area contributed by atoms with Crippen LogP contribution in [0.2, 0.25) is 0 Å². The van der Waals surface area contributed by atoms with Gasteiger partial charge in [0.2, 0.25) is 5.91 Å². The maximum Gasteiger partial charge on any atom is 0.224 e. The van der Waals surface area contributed by atoms with Gasteiger partial charge in [0.25, 0.3) is 0 Å². The van der Waals surface area contributed by atoms with Crippen LogP contribution >= 0.6 is 0 Å². The molecule has 3 heteroatoms. The lowest BCUT2D eigenvalue weighted by atomic mass is 9.86. The molecule has 3 aliphatic rings. The maximum absolute atomic E-state index is 12.3. The number of carbonyl (C=O) groups excluding carboxylic acids is 1. The zero-order chi connectivity index (χ0) is 15.6. The summed E-state index contributed by atoms with van der Waals surface area (Å²) in [5.41, 5.74) is 2.23. The molecule has 1 aliphatic heterocycles. The summed E-state index contributed by atoms with van der Waals surface area (Å²) in [4.78, 5) is 14.8. The van der Waals surface area contributed by atoms with Crippen LogP contribution in [0.25, 0.3) is 0 Å². The summed E-state index contributed by atoms with van der Waals surface area (Å²) < 4.78 is 0. The van der Waals surface area contributed by atoms with Crippen LogP contribution in [-0.2, 0) is 4.79 Å². The molecule has 1 amide bonds. The van der Waals surface area contributed by atoms with Gasteiger partial charge in [0.15, 0.2) is 0 Å². The molecule has 1 N–H and O–H groups in total. The molecule has 1 aromatic carbocycles. The van der Waals surface area contributed by atoms with Gasteiger partial charge in [-0.05, 0) is 80.5 Å². The third kappa shape index (κ3) is 3.39. The summed E-state index contributed by atoms with van der Waals surface area (Å²) in [6, 6.07) is 8.42. The van der Waals surface area contributed by atoms with E-state index in [2.05, 4.69) is 34.5 Å². The largest absolute Gasteiger partial charge is 0.372 e. The monoisotopic (exact) mass is 312 g/mol. The van der Waals surface area contributed by atoms with E-state index in [1.165, 1.54) is 50.6 Å². The molecule has 3 fully saturated rings. The van der Waals surface area contributed by atoms with Crippen molar-refractivity contribution in [2.45, 2.75) is 51.4 Å². The minimum Gasteiger partial charge on any atom is -0.372 e. The highest BCUT2D eigenvalue weighted by Gasteiger charge is 2.40. The number of nitrogens with one attached hydrogen (secondary N) is 1. The molecule has 23 heavy (non-hydrogen) atoms. The van der Waals surface area contributed by atoms with Gasteiger partial charge < -0.3 is 10.2 Å². The number of fused-ring (bicyclic) bond motifs is 2.